The Hall–Kier alpha value is -4.35. The number of aliphatic carboxylic acids is 1. The van der Waals surface area contributed by atoms with E-state index >= 15 is 0 Å². The lowest BCUT2D eigenvalue weighted by molar-refractivity contribution is -0.884. The Bertz CT molecular complexity index is 1630. The fraction of sp³-hybridized carbons (Fsp3) is 0.472. The third-order valence-corrected chi connectivity index (χ3v) is 8.96. The number of amides is 1. The number of carboxylic acids is 1. The number of aryl methyl sites for hydroxylation is 1. The summed E-state index contributed by atoms with van der Waals surface area (Å²) >= 11 is 0. The second-order valence-electron chi connectivity index (χ2n) is 13.5. The molecular weight excluding hydrogens is 600 g/mol. The third-order valence-electron chi connectivity index (χ3n) is 8.96. The lowest BCUT2D eigenvalue weighted by Crippen LogP contribution is -2.45. The number of nitrogens with zero attached hydrogens (tertiary/aromatic N) is 4. The highest BCUT2D eigenvalue weighted by Gasteiger charge is 2.47. The van der Waals surface area contributed by atoms with Gasteiger partial charge in [-0.1, -0.05) is 31.5 Å². The Morgan fingerprint density at radius 2 is 1.89 bits per heavy atom. The van der Waals surface area contributed by atoms with E-state index in [0.29, 0.717) is 43.3 Å². The van der Waals surface area contributed by atoms with E-state index in [1.54, 1.807) is 22.9 Å². The number of aromatic nitrogens is 1. The number of carboxylic acid groups (broad SMARTS) is 1. The second kappa shape index (κ2) is 14.6. The van der Waals surface area contributed by atoms with Gasteiger partial charge in [0, 0.05) is 55.1 Å². The van der Waals surface area contributed by atoms with Crippen LogP contribution < -0.4 is 24.7 Å². The van der Waals surface area contributed by atoms with Crippen LogP contribution in [0.1, 0.15) is 43.2 Å². The zero-order valence-corrected chi connectivity index (χ0v) is 28.1. The number of carbonyl (C=O) groups excluding carboxylic acids is 1. The van der Waals surface area contributed by atoms with Gasteiger partial charge >= 0.3 is 5.97 Å². The largest absolute Gasteiger partial charge is 0.493 e. The summed E-state index contributed by atoms with van der Waals surface area (Å²) in [5.41, 5.74) is 2.56. The molecule has 1 unspecified atom stereocenters. The Morgan fingerprint density at radius 3 is 2.60 bits per heavy atom. The predicted octanol–water partition coefficient (Wildman–Crippen LogP) is 4.18. The Labute approximate surface area is 276 Å². The standard InChI is InChI=1S/C36H46N4O7/c1-6-7-16-39(27-12-10-11-25(18-27)23-40(2,3)4)33(42)22-38-21-28(26-19-30(45-5)35-31(20-26)46-24-47-35)34(36(43)44)29(38)14-17-37-15-9-8-13-32(37)41/h8-13,15,18-20,28-29,34H,6-7,14,16-17,21-24H2,1-5H3/p+1/t28-,29+,34?/m1/s1. The monoisotopic (exact) mass is 647 g/mol. The van der Waals surface area contributed by atoms with Crippen LogP contribution >= 0.6 is 0 Å². The molecule has 1 amide bonds. The molecule has 1 aromatic heterocycles. The van der Waals surface area contributed by atoms with Crippen LogP contribution in [0.15, 0.2) is 65.6 Å². The van der Waals surface area contributed by atoms with E-state index in [9.17, 15) is 19.5 Å². The van der Waals surface area contributed by atoms with Gasteiger partial charge in [0.2, 0.25) is 24.0 Å². The zero-order chi connectivity index (χ0) is 33.7. The van der Waals surface area contributed by atoms with Gasteiger partial charge < -0.3 is 33.3 Å². The number of hydrogen-bond donors (Lipinski definition) is 1. The number of carbonyl (C=O) groups is 2. The molecule has 3 heterocycles. The summed E-state index contributed by atoms with van der Waals surface area (Å²) < 4.78 is 19.2. The molecule has 47 heavy (non-hydrogen) atoms. The maximum absolute atomic E-state index is 14.3. The molecule has 11 heteroatoms. The highest BCUT2D eigenvalue weighted by atomic mass is 16.7. The molecule has 2 aromatic carbocycles. The maximum Gasteiger partial charge on any atom is 0.308 e. The summed E-state index contributed by atoms with van der Waals surface area (Å²) in [5.74, 6) is -0.876. The molecule has 0 radical (unpaired) electrons. The van der Waals surface area contributed by atoms with Crippen LogP contribution in [0.5, 0.6) is 17.2 Å². The van der Waals surface area contributed by atoms with Gasteiger partial charge in [-0.25, -0.2) is 0 Å². The van der Waals surface area contributed by atoms with Crippen molar-refractivity contribution in [2.75, 3.05) is 59.6 Å². The molecule has 11 nitrogen and oxygen atoms in total. The van der Waals surface area contributed by atoms with Crippen molar-refractivity contribution < 1.29 is 33.4 Å². The van der Waals surface area contributed by atoms with Gasteiger partial charge in [0.15, 0.2) is 11.5 Å². The smallest absolute Gasteiger partial charge is 0.308 e. The van der Waals surface area contributed by atoms with Gasteiger partial charge in [-0.15, -0.1) is 0 Å². The highest BCUT2D eigenvalue weighted by molar-refractivity contribution is 5.95. The summed E-state index contributed by atoms with van der Waals surface area (Å²) in [4.78, 5) is 43.7. The fourth-order valence-corrected chi connectivity index (χ4v) is 6.81. The number of ether oxygens (including phenoxy) is 3. The minimum atomic E-state index is -0.956. The first-order chi connectivity index (χ1) is 22.5. The van der Waals surface area contributed by atoms with Gasteiger partial charge in [0.05, 0.1) is 40.7 Å². The van der Waals surface area contributed by atoms with Gasteiger partial charge in [-0.2, -0.15) is 0 Å². The van der Waals surface area contributed by atoms with Gasteiger partial charge in [-0.05, 0) is 48.7 Å². The van der Waals surface area contributed by atoms with Crippen molar-refractivity contribution >= 4 is 17.6 Å². The van der Waals surface area contributed by atoms with E-state index in [1.807, 2.05) is 34.1 Å². The van der Waals surface area contributed by atoms with Crippen LogP contribution in [0, 0.1) is 5.92 Å². The van der Waals surface area contributed by atoms with Gasteiger partial charge in [0.25, 0.3) is 0 Å². The molecule has 252 valence electrons. The number of likely N-dealkylation sites (tertiary alicyclic amines) is 1. The number of unbranched alkanes of at least 4 members (excludes halogenated alkanes) is 1. The van der Waals surface area contributed by atoms with Crippen LogP contribution in [0.4, 0.5) is 5.69 Å². The zero-order valence-electron chi connectivity index (χ0n) is 28.1. The number of quaternary nitrogens is 1. The number of benzene rings is 2. The van der Waals surface area contributed by atoms with Crippen molar-refractivity contribution in [3.05, 3.63) is 82.3 Å². The molecule has 1 fully saturated rings. The molecular formula is C36H47N4O7+. The molecule has 1 N–H and O–H groups in total. The summed E-state index contributed by atoms with van der Waals surface area (Å²) in [6.45, 7) is 4.23. The van der Waals surface area contributed by atoms with E-state index in [-0.39, 0.29) is 24.8 Å². The van der Waals surface area contributed by atoms with E-state index in [0.717, 1.165) is 40.7 Å². The summed E-state index contributed by atoms with van der Waals surface area (Å²) in [6.07, 6.45) is 3.84. The predicted molar refractivity (Wildman–Crippen MR) is 179 cm³/mol. The van der Waals surface area contributed by atoms with E-state index in [1.165, 1.54) is 13.2 Å². The van der Waals surface area contributed by atoms with Gasteiger partial charge in [0.1, 0.15) is 6.54 Å². The maximum atomic E-state index is 14.3. The lowest BCUT2D eigenvalue weighted by atomic mass is 9.84. The minimum absolute atomic E-state index is 0.0413. The molecule has 2 aliphatic rings. The highest BCUT2D eigenvalue weighted by Crippen LogP contribution is 2.47. The number of hydrogen-bond acceptors (Lipinski definition) is 7. The molecule has 0 spiro atoms. The van der Waals surface area contributed by atoms with E-state index in [4.69, 9.17) is 14.2 Å². The molecule has 5 rings (SSSR count). The first kappa shape index (κ1) is 34.0. The summed E-state index contributed by atoms with van der Waals surface area (Å²) in [7, 11) is 7.94. The third kappa shape index (κ3) is 7.97. The Balaban J connectivity index is 1.48. The van der Waals surface area contributed by atoms with Crippen molar-refractivity contribution in [1.29, 1.82) is 0 Å². The lowest BCUT2D eigenvalue weighted by Gasteiger charge is -2.30. The van der Waals surface area contributed by atoms with Crippen molar-refractivity contribution in [1.82, 2.24) is 9.47 Å². The first-order valence-electron chi connectivity index (χ1n) is 16.3. The second-order valence-corrected chi connectivity index (χ2v) is 13.5. The van der Waals surface area contributed by atoms with Crippen LogP contribution in [-0.2, 0) is 22.7 Å². The van der Waals surface area contributed by atoms with Crippen molar-refractivity contribution in [3.8, 4) is 17.2 Å². The normalized spacial score (nSPS) is 19.1. The molecule has 3 atom stereocenters. The van der Waals surface area contributed by atoms with Crippen LogP contribution in [0.2, 0.25) is 0 Å². The molecule has 1 saturated heterocycles. The number of fused-ring (bicyclic) bond motifs is 1. The average molecular weight is 648 g/mol. The van der Waals surface area contributed by atoms with Crippen LogP contribution in [0.3, 0.4) is 0 Å². The quantitative estimate of drug-likeness (QED) is 0.260. The molecule has 3 aromatic rings. The van der Waals surface area contributed by atoms with E-state index < -0.39 is 23.8 Å². The number of rotatable bonds is 14. The van der Waals surface area contributed by atoms with Crippen LogP contribution in [-0.4, -0.2) is 91.7 Å². The molecule has 2 aliphatic heterocycles. The Kier molecular flexibility index (Phi) is 10.6. The number of methoxy groups -OCH3 is 1. The fourth-order valence-electron chi connectivity index (χ4n) is 6.81. The van der Waals surface area contributed by atoms with Crippen molar-refractivity contribution in [2.45, 2.75) is 51.2 Å². The number of pyridine rings is 1. The molecule has 0 bridgehead atoms. The van der Waals surface area contributed by atoms with Crippen LogP contribution in [0.25, 0.3) is 0 Å². The first-order valence-corrected chi connectivity index (χ1v) is 16.3. The summed E-state index contributed by atoms with van der Waals surface area (Å²) in [6, 6.07) is 16.2. The van der Waals surface area contributed by atoms with Gasteiger partial charge in [-0.3, -0.25) is 19.3 Å². The average Bonchev–Trinajstić information content (AvgIpc) is 3.64. The Morgan fingerprint density at radius 1 is 1.09 bits per heavy atom. The van der Waals surface area contributed by atoms with Crippen molar-refractivity contribution in [3.63, 3.8) is 0 Å². The minimum Gasteiger partial charge on any atom is -0.493 e. The SMILES string of the molecule is CCCCN(C(=O)CN1C[C@H](c2cc(OC)c3c(c2)OCO3)C(C(=O)O)[C@@H]1CCn1ccccc1=O)c1cccc(C[N+](C)(C)C)c1. The van der Waals surface area contributed by atoms with Crippen molar-refractivity contribution in [2.24, 2.45) is 5.92 Å². The summed E-state index contributed by atoms with van der Waals surface area (Å²) in [5, 5.41) is 10.7. The number of anilines is 1. The molecule has 0 aliphatic carbocycles. The van der Waals surface area contributed by atoms with E-state index in [2.05, 4.69) is 40.2 Å². The molecule has 0 saturated carbocycles. The topological polar surface area (TPSA) is 111 Å².